The monoisotopic (exact) mass is 458 g/mol. The molecule has 0 atom stereocenters. The first-order valence-corrected chi connectivity index (χ1v) is 11.6. The van der Waals surface area contributed by atoms with Gasteiger partial charge in [0, 0.05) is 37.8 Å². The molecule has 2 aromatic heterocycles. The number of carbonyl (C=O) groups excluding carboxylic acids is 2. The second-order valence-corrected chi connectivity index (χ2v) is 9.34. The molecule has 11 heteroatoms. The number of nitrogens with one attached hydrogen (secondary N) is 1. The zero-order valence-electron chi connectivity index (χ0n) is 17.2. The van der Waals surface area contributed by atoms with Gasteiger partial charge in [0.25, 0.3) is 5.91 Å². The first kappa shape index (κ1) is 21.3. The van der Waals surface area contributed by atoms with Gasteiger partial charge in [0.15, 0.2) is 10.2 Å². The number of hydrogen-bond donors (Lipinski definition) is 1. The summed E-state index contributed by atoms with van der Waals surface area (Å²) in [6.07, 6.45) is 0. The summed E-state index contributed by atoms with van der Waals surface area (Å²) in [5, 5.41) is 15.7. The highest BCUT2D eigenvalue weighted by molar-refractivity contribution is 8.01. The van der Waals surface area contributed by atoms with Crippen LogP contribution in [0.5, 0.6) is 0 Å². The fourth-order valence-electron chi connectivity index (χ4n) is 3.18. The molecule has 162 valence electrons. The van der Waals surface area contributed by atoms with Crippen molar-refractivity contribution in [1.29, 1.82) is 0 Å². The molecule has 0 saturated carbocycles. The van der Waals surface area contributed by atoms with Crippen molar-refractivity contribution in [3.63, 3.8) is 0 Å². The smallest absolute Gasteiger partial charge is 0.253 e. The highest BCUT2D eigenvalue weighted by atomic mass is 32.2. The quantitative estimate of drug-likeness (QED) is 0.563. The minimum atomic E-state index is -0.182. The van der Waals surface area contributed by atoms with Gasteiger partial charge in [0.1, 0.15) is 5.76 Å². The van der Waals surface area contributed by atoms with Crippen molar-refractivity contribution in [2.24, 2.45) is 0 Å². The second-order valence-electron chi connectivity index (χ2n) is 7.16. The normalized spacial score (nSPS) is 14.0. The van der Waals surface area contributed by atoms with Gasteiger partial charge < -0.3 is 19.6 Å². The van der Waals surface area contributed by atoms with Gasteiger partial charge in [0.05, 0.1) is 5.75 Å². The fraction of sp³-hybridized carbons (Fsp3) is 0.350. The third-order valence-electron chi connectivity index (χ3n) is 4.72. The Bertz CT molecular complexity index is 1070. The average molecular weight is 459 g/mol. The van der Waals surface area contributed by atoms with Crippen LogP contribution in [-0.4, -0.2) is 64.0 Å². The van der Waals surface area contributed by atoms with Gasteiger partial charge in [0.2, 0.25) is 11.0 Å². The summed E-state index contributed by atoms with van der Waals surface area (Å²) < 4.78 is 5.65. The summed E-state index contributed by atoms with van der Waals surface area (Å²) in [5.41, 5.74) is 1.80. The Morgan fingerprint density at radius 1 is 1.16 bits per heavy atom. The first-order chi connectivity index (χ1) is 15.0. The van der Waals surface area contributed by atoms with Crippen LogP contribution in [0, 0.1) is 13.8 Å². The summed E-state index contributed by atoms with van der Waals surface area (Å²) in [4.78, 5) is 28.7. The number of carbonyl (C=O) groups is 2. The van der Waals surface area contributed by atoms with Crippen LogP contribution >= 0.6 is 23.1 Å². The number of piperazine rings is 1. The van der Waals surface area contributed by atoms with Gasteiger partial charge in [-0.1, -0.05) is 46.0 Å². The Morgan fingerprint density at radius 3 is 2.68 bits per heavy atom. The summed E-state index contributed by atoms with van der Waals surface area (Å²) in [6, 6.07) is 9.33. The van der Waals surface area contributed by atoms with E-state index in [2.05, 4.69) is 25.6 Å². The maximum atomic E-state index is 12.7. The van der Waals surface area contributed by atoms with Crippen LogP contribution in [-0.2, 0) is 4.79 Å². The van der Waals surface area contributed by atoms with E-state index in [0.717, 1.165) is 20.6 Å². The van der Waals surface area contributed by atoms with E-state index in [1.165, 1.54) is 23.1 Å². The van der Waals surface area contributed by atoms with Gasteiger partial charge in [-0.05, 0) is 26.0 Å². The Labute approximate surface area is 187 Å². The molecule has 1 saturated heterocycles. The minimum Gasteiger partial charge on any atom is -0.360 e. The lowest BCUT2D eigenvalue weighted by molar-refractivity contribution is -0.113. The van der Waals surface area contributed by atoms with Gasteiger partial charge in [-0.25, -0.2) is 0 Å². The van der Waals surface area contributed by atoms with Crippen molar-refractivity contribution in [1.82, 2.24) is 20.3 Å². The molecule has 1 fully saturated rings. The number of nitrogens with zero attached hydrogens (tertiary/aromatic N) is 5. The molecular formula is C20H22N6O3S2. The van der Waals surface area contributed by atoms with Crippen molar-refractivity contribution in [2.45, 2.75) is 18.2 Å². The Balaban J connectivity index is 1.26. The molecule has 2 amide bonds. The predicted molar refractivity (Wildman–Crippen MR) is 120 cm³/mol. The van der Waals surface area contributed by atoms with Crippen molar-refractivity contribution in [3.8, 4) is 0 Å². The number of hydrogen-bond acceptors (Lipinski definition) is 9. The molecular weight excluding hydrogens is 436 g/mol. The van der Waals surface area contributed by atoms with E-state index in [1.807, 2.05) is 36.1 Å². The van der Waals surface area contributed by atoms with Crippen LogP contribution in [0.1, 0.15) is 21.7 Å². The third-order valence-corrected chi connectivity index (χ3v) is 6.84. The Hall–Kier alpha value is -2.92. The number of aromatic nitrogens is 3. The predicted octanol–water partition coefficient (Wildman–Crippen LogP) is 2.84. The van der Waals surface area contributed by atoms with Gasteiger partial charge in [-0.2, -0.15) is 0 Å². The molecule has 0 bridgehead atoms. The molecule has 31 heavy (non-hydrogen) atoms. The molecule has 3 aromatic rings. The number of aryl methyl sites for hydroxylation is 2. The number of thioether (sulfide) groups is 1. The number of rotatable bonds is 6. The Kier molecular flexibility index (Phi) is 6.52. The van der Waals surface area contributed by atoms with Gasteiger partial charge >= 0.3 is 0 Å². The molecule has 0 aliphatic carbocycles. The van der Waals surface area contributed by atoms with Crippen LogP contribution in [0.25, 0.3) is 0 Å². The number of amides is 2. The van der Waals surface area contributed by atoms with E-state index in [4.69, 9.17) is 4.52 Å². The van der Waals surface area contributed by atoms with Crippen molar-refractivity contribution >= 4 is 45.9 Å². The van der Waals surface area contributed by atoms with E-state index in [9.17, 15) is 9.59 Å². The zero-order chi connectivity index (χ0) is 21.8. The summed E-state index contributed by atoms with van der Waals surface area (Å²) in [5.74, 6) is 1.12. The molecule has 1 aliphatic heterocycles. The van der Waals surface area contributed by atoms with Crippen molar-refractivity contribution in [2.75, 3.05) is 42.1 Å². The molecule has 1 N–H and O–H groups in total. The molecule has 3 heterocycles. The number of benzene rings is 1. The molecule has 0 radical (unpaired) electrons. The van der Waals surface area contributed by atoms with Crippen LogP contribution < -0.4 is 10.2 Å². The van der Waals surface area contributed by atoms with Gasteiger partial charge in [-0.3, -0.25) is 9.59 Å². The summed E-state index contributed by atoms with van der Waals surface area (Å²) >= 11 is 2.78. The lowest BCUT2D eigenvalue weighted by Gasteiger charge is -2.34. The van der Waals surface area contributed by atoms with Crippen molar-refractivity contribution < 1.29 is 14.1 Å². The molecule has 4 rings (SSSR count). The van der Waals surface area contributed by atoms with E-state index in [1.54, 1.807) is 13.0 Å². The van der Waals surface area contributed by atoms with E-state index in [0.29, 0.717) is 37.8 Å². The third kappa shape index (κ3) is 5.42. The SMILES string of the molecule is Cc1cccc(C(=O)N2CCN(c3nnc(SCC(=O)Nc4cc(C)on4)s3)CC2)c1. The largest absolute Gasteiger partial charge is 0.360 e. The molecule has 1 aromatic carbocycles. The highest BCUT2D eigenvalue weighted by Crippen LogP contribution is 2.29. The zero-order valence-corrected chi connectivity index (χ0v) is 18.8. The summed E-state index contributed by atoms with van der Waals surface area (Å²) in [6.45, 7) is 6.41. The summed E-state index contributed by atoms with van der Waals surface area (Å²) in [7, 11) is 0. The molecule has 0 unspecified atom stereocenters. The maximum absolute atomic E-state index is 12.7. The second kappa shape index (κ2) is 9.48. The lowest BCUT2D eigenvalue weighted by atomic mass is 10.1. The van der Waals surface area contributed by atoms with E-state index < -0.39 is 0 Å². The first-order valence-electron chi connectivity index (χ1n) is 9.78. The van der Waals surface area contributed by atoms with Gasteiger partial charge in [-0.15, -0.1) is 10.2 Å². The van der Waals surface area contributed by atoms with Crippen LogP contribution in [0.4, 0.5) is 10.9 Å². The Morgan fingerprint density at radius 2 is 1.97 bits per heavy atom. The van der Waals surface area contributed by atoms with Crippen molar-refractivity contribution in [3.05, 3.63) is 47.2 Å². The highest BCUT2D eigenvalue weighted by Gasteiger charge is 2.24. The lowest BCUT2D eigenvalue weighted by Crippen LogP contribution is -2.48. The average Bonchev–Trinajstić information content (AvgIpc) is 3.41. The molecule has 9 nitrogen and oxygen atoms in total. The van der Waals surface area contributed by atoms with E-state index >= 15 is 0 Å². The minimum absolute atomic E-state index is 0.0603. The fourth-order valence-corrected chi connectivity index (χ4v) is 4.87. The van der Waals surface area contributed by atoms with Crippen LogP contribution in [0.3, 0.4) is 0 Å². The molecule has 0 spiro atoms. The maximum Gasteiger partial charge on any atom is 0.253 e. The number of anilines is 2. The van der Waals surface area contributed by atoms with Crippen LogP contribution in [0.2, 0.25) is 0 Å². The van der Waals surface area contributed by atoms with Crippen LogP contribution in [0.15, 0.2) is 39.2 Å². The molecule has 1 aliphatic rings. The standard InChI is InChI=1S/C20H22N6O3S2/c1-13-4-3-5-15(10-13)18(28)25-6-8-26(9-7-25)19-22-23-20(31-19)30-12-17(27)21-16-11-14(2)29-24-16/h3-5,10-11H,6-9,12H2,1-2H3,(H,21,24,27). The topological polar surface area (TPSA) is 104 Å². The van der Waals surface area contributed by atoms with E-state index in [-0.39, 0.29) is 17.6 Å².